The van der Waals surface area contributed by atoms with E-state index in [1.165, 1.54) is 23.5 Å². The van der Waals surface area contributed by atoms with Gasteiger partial charge in [-0.3, -0.25) is 0 Å². The second-order valence-electron chi connectivity index (χ2n) is 8.17. The van der Waals surface area contributed by atoms with Crippen molar-refractivity contribution < 1.29 is 22.7 Å². The number of nitrogens with zero attached hydrogens (tertiary/aromatic N) is 2. The monoisotopic (exact) mass is 459 g/mol. The molecule has 0 bridgehead atoms. The van der Waals surface area contributed by atoms with Gasteiger partial charge in [0, 0.05) is 16.5 Å². The third-order valence-electron chi connectivity index (χ3n) is 5.99. The van der Waals surface area contributed by atoms with Gasteiger partial charge >= 0.3 is 12.1 Å². The number of hydrogen-bond donors (Lipinski definition) is 1. The van der Waals surface area contributed by atoms with E-state index in [0.29, 0.717) is 21.8 Å². The highest BCUT2D eigenvalue weighted by molar-refractivity contribution is 7.23. The van der Waals surface area contributed by atoms with E-state index < -0.39 is 23.4 Å². The molecule has 1 fully saturated rings. The van der Waals surface area contributed by atoms with E-state index >= 15 is 0 Å². The first-order valence-corrected chi connectivity index (χ1v) is 11.0. The summed E-state index contributed by atoms with van der Waals surface area (Å²) in [6.45, 7) is 5.47. The summed E-state index contributed by atoms with van der Waals surface area (Å²) in [6, 6.07) is 3.19. The van der Waals surface area contributed by atoms with Gasteiger partial charge < -0.3 is 10.1 Å². The number of halogens is 3. The van der Waals surface area contributed by atoms with Crippen LogP contribution in [-0.4, -0.2) is 23.4 Å². The summed E-state index contributed by atoms with van der Waals surface area (Å²) in [5.41, 5.74) is 0.759. The number of hydrogen-bond acceptors (Lipinski definition) is 6. The van der Waals surface area contributed by atoms with Gasteiger partial charge in [0.15, 0.2) is 5.84 Å². The number of amidine groups is 1. The van der Waals surface area contributed by atoms with Crippen LogP contribution in [0.2, 0.25) is 0 Å². The Morgan fingerprint density at radius 1 is 1.31 bits per heavy atom. The van der Waals surface area contributed by atoms with Crippen molar-refractivity contribution in [3.63, 3.8) is 0 Å². The van der Waals surface area contributed by atoms with Crippen LogP contribution in [0.3, 0.4) is 0 Å². The van der Waals surface area contributed by atoms with Crippen LogP contribution in [0.15, 0.2) is 58.9 Å². The third-order valence-corrected chi connectivity index (χ3v) is 7.26. The van der Waals surface area contributed by atoms with Crippen LogP contribution >= 0.6 is 11.3 Å². The van der Waals surface area contributed by atoms with Gasteiger partial charge in [-0.1, -0.05) is 11.6 Å². The molecule has 2 atom stereocenters. The van der Waals surface area contributed by atoms with E-state index in [1.54, 1.807) is 25.1 Å². The van der Waals surface area contributed by atoms with E-state index in [0.717, 1.165) is 28.3 Å². The third kappa shape index (κ3) is 3.06. The lowest BCUT2D eigenvalue weighted by molar-refractivity contribution is -0.152. The molecule has 5 nitrogen and oxygen atoms in total. The molecule has 1 saturated heterocycles. The van der Waals surface area contributed by atoms with Gasteiger partial charge in [-0.2, -0.15) is 13.2 Å². The lowest BCUT2D eigenvalue weighted by Crippen LogP contribution is -2.61. The Bertz CT molecular complexity index is 1270. The molecule has 2 aromatic rings. The smallest absolute Gasteiger partial charge is 0.416 e. The molecule has 2 aliphatic heterocycles. The zero-order valence-corrected chi connectivity index (χ0v) is 18.4. The molecule has 0 amide bonds. The molecule has 3 heterocycles. The average molecular weight is 459 g/mol. The Morgan fingerprint density at radius 3 is 2.84 bits per heavy atom. The second kappa shape index (κ2) is 6.96. The molecular weight excluding hydrogens is 439 g/mol. The number of esters is 1. The lowest BCUT2D eigenvalue weighted by Gasteiger charge is -2.40. The topological polar surface area (TPSA) is 53.9 Å². The number of carbonyl (C=O) groups is 1. The van der Waals surface area contributed by atoms with Crippen LogP contribution in [0.1, 0.15) is 31.4 Å². The summed E-state index contributed by atoms with van der Waals surface area (Å²) in [7, 11) is 0. The van der Waals surface area contributed by atoms with Crippen LogP contribution in [0, 0.1) is 6.92 Å². The molecule has 3 aliphatic rings. The molecule has 9 heteroatoms. The van der Waals surface area contributed by atoms with Crippen molar-refractivity contribution in [2.45, 2.75) is 45.0 Å². The molecule has 5 rings (SSSR count). The predicted molar refractivity (Wildman–Crippen MR) is 118 cm³/mol. The number of carbonyl (C=O) groups excluding carboxylic acids is 1. The van der Waals surface area contributed by atoms with Crippen LogP contribution < -0.4 is 10.3 Å². The quantitative estimate of drug-likeness (QED) is 0.457. The molecule has 1 N–H and O–H groups in total. The van der Waals surface area contributed by atoms with Gasteiger partial charge in [0.05, 0.1) is 5.56 Å². The SMILES string of the molecule is CC1=C2C=CN(c3sc4ccc(C(F)(F)F)cc4c3C)N=C3NC(C)C(=O)OC32C=CC1. The van der Waals surface area contributed by atoms with Gasteiger partial charge in [-0.15, -0.1) is 16.4 Å². The summed E-state index contributed by atoms with van der Waals surface area (Å²) in [4.78, 5) is 12.4. The molecule has 166 valence electrons. The molecule has 2 unspecified atom stereocenters. The number of ether oxygens (including phenoxy) is 1. The number of rotatable bonds is 1. The molecule has 1 aliphatic carbocycles. The van der Waals surface area contributed by atoms with Crippen molar-refractivity contribution in [2.24, 2.45) is 5.10 Å². The first-order valence-electron chi connectivity index (χ1n) is 10.1. The number of morpholine rings is 1. The Morgan fingerprint density at radius 2 is 2.09 bits per heavy atom. The van der Waals surface area contributed by atoms with Crippen molar-refractivity contribution in [1.82, 2.24) is 5.32 Å². The number of nitrogens with one attached hydrogen (secondary N) is 1. The zero-order chi connectivity index (χ0) is 22.8. The van der Waals surface area contributed by atoms with Gasteiger partial charge in [0.1, 0.15) is 11.0 Å². The summed E-state index contributed by atoms with van der Waals surface area (Å²) < 4.78 is 46.3. The van der Waals surface area contributed by atoms with Gasteiger partial charge in [-0.25, -0.2) is 9.80 Å². The standard InChI is InChI=1S/C23H20F3N3O2S/c1-12-5-4-9-22-17(12)8-10-29(28-21(22)27-14(3)20(30)31-22)19-13(2)16-11-15(23(24,25)26)6-7-18(16)32-19/h4,6-11,14H,5H2,1-3H3,(H,27,28). The van der Waals surface area contributed by atoms with Crippen LogP contribution in [-0.2, 0) is 15.7 Å². The molecule has 0 radical (unpaired) electrons. The van der Waals surface area contributed by atoms with Crippen LogP contribution in [0.25, 0.3) is 10.1 Å². The first-order chi connectivity index (χ1) is 15.1. The number of alkyl halides is 3. The van der Waals surface area contributed by atoms with Crippen molar-refractivity contribution >= 4 is 38.2 Å². The Balaban J connectivity index is 1.67. The molecule has 0 saturated carbocycles. The molecule has 1 aromatic heterocycles. The van der Waals surface area contributed by atoms with E-state index in [2.05, 4.69) is 5.32 Å². The number of aryl methyl sites for hydroxylation is 1. The summed E-state index contributed by atoms with van der Waals surface area (Å²) in [5, 5.41) is 10.8. The van der Waals surface area contributed by atoms with Gasteiger partial charge in [0.2, 0.25) is 5.60 Å². The molecular formula is C23H20F3N3O2S. The minimum Gasteiger partial charge on any atom is -0.440 e. The normalized spacial score (nSPS) is 25.2. The average Bonchev–Trinajstić information content (AvgIpc) is 2.95. The summed E-state index contributed by atoms with van der Waals surface area (Å²) in [5.74, 6) is 0.0908. The fourth-order valence-electron chi connectivity index (χ4n) is 4.25. The van der Waals surface area contributed by atoms with E-state index in [1.807, 2.05) is 25.2 Å². The Labute approximate surface area is 186 Å². The summed E-state index contributed by atoms with van der Waals surface area (Å²) in [6.07, 6.45) is 3.75. The zero-order valence-electron chi connectivity index (χ0n) is 17.6. The van der Waals surface area contributed by atoms with Crippen molar-refractivity contribution in [2.75, 3.05) is 5.01 Å². The highest BCUT2D eigenvalue weighted by Gasteiger charge is 2.49. The fraction of sp³-hybridized carbons (Fsp3) is 0.304. The fourth-order valence-corrected chi connectivity index (χ4v) is 5.38. The van der Waals surface area contributed by atoms with Crippen LogP contribution in [0.5, 0.6) is 0 Å². The first kappa shape index (κ1) is 20.8. The minimum atomic E-state index is -4.41. The minimum absolute atomic E-state index is 0.375. The maximum absolute atomic E-state index is 13.2. The number of thiophene rings is 1. The van der Waals surface area contributed by atoms with Crippen molar-refractivity contribution in [3.8, 4) is 0 Å². The van der Waals surface area contributed by atoms with Crippen molar-refractivity contribution in [1.29, 1.82) is 0 Å². The highest BCUT2D eigenvalue weighted by atomic mass is 32.1. The van der Waals surface area contributed by atoms with Crippen molar-refractivity contribution in [3.05, 3.63) is 64.9 Å². The van der Waals surface area contributed by atoms with E-state index in [-0.39, 0.29) is 5.97 Å². The molecule has 1 aromatic carbocycles. The number of anilines is 1. The Kier molecular flexibility index (Phi) is 4.53. The maximum atomic E-state index is 13.2. The predicted octanol–water partition coefficient (Wildman–Crippen LogP) is 5.43. The molecule has 1 spiro atoms. The highest BCUT2D eigenvalue weighted by Crippen LogP contribution is 2.43. The largest absolute Gasteiger partial charge is 0.440 e. The maximum Gasteiger partial charge on any atom is 0.416 e. The number of allylic oxidation sites excluding steroid dienone is 2. The number of fused-ring (bicyclic) bond motifs is 1. The van der Waals surface area contributed by atoms with Crippen LogP contribution in [0.4, 0.5) is 18.2 Å². The molecule has 32 heavy (non-hydrogen) atoms. The number of hydrazone groups is 1. The van der Waals surface area contributed by atoms with E-state index in [9.17, 15) is 18.0 Å². The number of benzene rings is 1. The van der Waals surface area contributed by atoms with Gasteiger partial charge in [-0.05, 0) is 68.5 Å². The Hall–Kier alpha value is -3.07. The lowest BCUT2D eigenvalue weighted by atomic mass is 9.82. The summed E-state index contributed by atoms with van der Waals surface area (Å²) >= 11 is 1.36. The van der Waals surface area contributed by atoms with Gasteiger partial charge in [0.25, 0.3) is 0 Å². The van der Waals surface area contributed by atoms with E-state index in [4.69, 9.17) is 9.84 Å². The second-order valence-corrected chi connectivity index (χ2v) is 9.20.